The van der Waals surface area contributed by atoms with Crippen LogP contribution in [0.2, 0.25) is 0 Å². The fourth-order valence-electron chi connectivity index (χ4n) is 3.07. The molecule has 1 aliphatic rings. The van der Waals surface area contributed by atoms with E-state index in [0.29, 0.717) is 41.7 Å². The van der Waals surface area contributed by atoms with Crippen molar-refractivity contribution in [1.82, 2.24) is 9.97 Å². The Balaban J connectivity index is 1.39. The molecule has 168 valence electrons. The third kappa shape index (κ3) is 5.25. The van der Waals surface area contributed by atoms with Crippen molar-refractivity contribution >= 4 is 38.1 Å². The molecule has 2 N–H and O–H groups in total. The lowest BCUT2D eigenvalue weighted by Crippen LogP contribution is -2.20. The zero-order valence-electron chi connectivity index (χ0n) is 17.7. The van der Waals surface area contributed by atoms with Crippen molar-refractivity contribution in [3.8, 4) is 16.9 Å². The minimum atomic E-state index is -3.37. The number of nitrogens with zero attached hydrogens (tertiary/aromatic N) is 2. The number of carbonyl (C=O) groups is 1. The molecule has 0 bridgehead atoms. The molecular weight excluding hydrogens is 448 g/mol. The van der Waals surface area contributed by atoms with E-state index in [1.54, 1.807) is 24.7 Å². The molecule has 1 aliphatic carbocycles. The number of aromatic nitrogens is 2. The van der Waals surface area contributed by atoms with Gasteiger partial charge < -0.3 is 10.1 Å². The predicted molar refractivity (Wildman–Crippen MR) is 126 cm³/mol. The Hall–Kier alpha value is -2.98. The zero-order valence-corrected chi connectivity index (χ0v) is 19.4. The summed E-state index contributed by atoms with van der Waals surface area (Å²) in [6, 6.07) is 9.37. The van der Waals surface area contributed by atoms with Crippen molar-refractivity contribution in [2.45, 2.75) is 37.9 Å². The lowest BCUT2D eigenvalue weighted by molar-refractivity contribution is -0.117. The number of anilines is 2. The smallest absolute Gasteiger partial charge is 0.237 e. The first-order valence-electron chi connectivity index (χ1n) is 10.3. The Morgan fingerprint density at radius 1 is 1.22 bits per heavy atom. The minimum absolute atomic E-state index is 0.223. The highest BCUT2D eigenvalue weighted by Gasteiger charge is 2.36. The number of rotatable bonds is 9. The molecule has 0 saturated heterocycles. The summed E-state index contributed by atoms with van der Waals surface area (Å²) in [6.07, 6.45) is 4.79. The van der Waals surface area contributed by atoms with Gasteiger partial charge in [-0.25, -0.2) is 13.4 Å². The molecule has 1 saturated carbocycles. The van der Waals surface area contributed by atoms with Gasteiger partial charge in [-0.1, -0.05) is 12.1 Å². The number of hydrogen-bond acceptors (Lipinski definition) is 7. The maximum atomic E-state index is 12.7. The molecule has 0 spiro atoms. The van der Waals surface area contributed by atoms with Crippen molar-refractivity contribution in [3.05, 3.63) is 53.8 Å². The number of benzene rings is 1. The molecule has 1 atom stereocenters. The molecule has 8 nitrogen and oxygen atoms in total. The topological polar surface area (TPSA) is 110 Å². The molecule has 0 radical (unpaired) electrons. The van der Waals surface area contributed by atoms with Gasteiger partial charge in [0.25, 0.3) is 0 Å². The molecule has 3 aromatic rings. The number of nitrogens with one attached hydrogen (secondary N) is 2. The van der Waals surface area contributed by atoms with Gasteiger partial charge >= 0.3 is 0 Å². The number of pyridine rings is 1. The van der Waals surface area contributed by atoms with Crippen LogP contribution in [0.25, 0.3) is 11.1 Å². The molecular formula is C22H24N4O4S2. The molecule has 2 heterocycles. The lowest BCUT2D eigenvalue weighted by atomic mass is 10.1. The second-order valence-corrected chi connectivity index (χ2v) is 10.4. The van der Waals surface area contributed by atoms with Gasteiger partial charge in [-0.2, -0.15) is 0 Å². The number of thiazole rings is 1. The second kappa shape index (κ2) is 9.25. The fourth-order valence-corrected chi connectivity index (χ4v) is 5.47. The van der Waals surface area contributed by atoms with Crippen LogP contribution in [0, 0.1) is 0 Å². The molecule has 4 rings (SSSR count). The van der Waals surface area contributed by atoms with E-state index in [9.17, 15) is 13.2 Å². The summed E-state index contributed by atoms with van der Waals surface area (Å²) in [6.45, 7) is 4.23. The number of hydrogen-bond donors (Lipinski definition) is 2. The molecule has 10 heteroatoms. The van der Waals surface area contributed by atoms with Crippen LogP contribution < -0.4 is 14.8 Å². The van der Waals surface area contributed by atoms with Crippen LogP contribution in [0.5, 0.6) is 5.75 Å². The van der Waals surface area contributed by atoms with Gasteiger partial charge in [0.15, 0.2) is 5.13 Å². The Bertz CT molecular complexity index is 1200. The van der Waals surface area contributed by atoms with Crippen molar-refractivity contribution in [2.24, 2.45) is 0 Å². The summed E-state index contributed by atoms with van der Waals surface area (Å²) in [4.78, 5) is 21.2. The maximum absolute atomic E-state index is 12.7. The van der Waals surface area contributed by atoms with Crippen LogP contribution in [-0.2, 0) is 14.8 Å². The molecule has 1 aromatic carbocycles. The number of sulfonamides is 1. The van der Waals surface area contributed by atoms with Crippen LogP contribution in [0.4, 0.5) is 10.8 Å². The fraction of sp³-hybridized carbons (Fsp3) is 0.318. The van der Waals surface area contributed by atoms with Gasteiger partial charge in [-0.05, 0) is 50.5 Å². The summed E-state index contributed by atoms with van der Waals surface area (Å²) in [5.41, 5.74) is 3.06. The zero-order chi connectivity index (χ0) is 22.7. The average molecular weight is 473 g/mol. The standard InChI is InChI=1S/C22H24N4O4S2/c1-3-30-18-10-16(11-23-12-18)15-4-6-17(7-5-15)24-21(27)14(2)20-13-31-22(25-20)26-32(28,29)19-8-9-19/h4-7,10-14,19H,3,8-9H2,1-2H3,(H,24,27)(H,25,26). The van der Waals surface area contributed by atoms with Crippen molar-refractivity contribution in [2.75, 3.05) is 16.6 Å². The summed E-state index contributed by atoms with van der Waals surface area (Å²) < 4.78 is 32.1. The molecule has 2 aromatic heterocycles. The largest absolute Gasteiger partial charge is 0.492 e. The molecule has 0 aliphatic heterocycles. The normalized spacial score (nSPS) is 14.6. The SMILES string of the molecule is CCOc1cncc(-c2ccc(NC(=O)C(C)c3csc(NS(=O)(=O)C4CC4)n3)cc2)c1. The minimum Gasteiger partial charge on any atom is -0.492 e. The number of carbonyl (C=O) groups excluding carboxylic acids is 1. The maximum Gasteiger partial charge on any atom is 0.237 e. The van der Waals surface area contributed by atoms with E-state index in [1.165, 1.54) is 11.3 Å². The first-order chi connectivity index (χ1) is 15.4. The summed E-state index contributed by atoms with van der Waals surface area (Å²) in [5, 5.41) is 4.56. The van der Waals surface area contributed by atoms with Gasteiger partial charge in [0.2, 0.25) is 15.9 Å². The second-order valence-electron chi connectivity index (χ2n) is 7.55. The number of amides is 1. The third-order valence-corrected chi connectivity index (χ3v) is 7.79. The van der Waals surface area contributed by atoms with Crippen LogP contribution >= 0.6 is 11.3 Å². The molecule has 32 heavy (non-hydrogen) atoms. The highest BCUT2D eigenvalue weighted by molar-refractivity contribution is 7.93. The van der Waals surface area contributed by atoms with E-state index in [-0.39, 0.29) is 11.2 Å². The predicted octanol–water partition coefficient (Wildman–Crippen LogP) is 4.25. The summed E-state index contributed by atoms with van der Waals surface area (Å²) >= 11 is 1.18. The Morgan fingerprint density at radius 3 is 2.66 bits per heavy atom. The van der Waals surface area contributed by atoms with Gasteiger partial charge in [-0.3, -0.25) is 14.5 Å². The molecule has 1 amide bonds. The van der Waals surface area contributed by atoms with Crippen LogP contribution in [0.15, 0.2) is 48.1 Å². The quantitative estimate of drug-likeness (QED) is 0.482. The van der Waals surface area contributed by atoms with E-state index < -0.39 is 15.9 Å². The van der Waals surface area contributed by atoms with Gasteiger partial charge in [0.1, 0.15) is 5.75 Å². The first-order valence-corrected chi connectivity index (χ1v) is 12.7. The van der Waals surface area contributed by atoms with Crippen molar-refractivity contribution in [1.29, 1.82) is 0 Å². The highest BCUT2D eigenvalue weighted by atomic mass is 32.2. The lowest BCUT2D eigenvalue weighted by Gasteiger charge is -2.11. The Kier molecular flexibility index (Phi) is 6.43. The van der Waals surface area contributed by atoms with E-state index >= 15 is 0 Å². The van der Waals surface area contributed by atoms with E-state index in [0.717, 1.165) is 11.1 Å². The third-order valence-electron chi connectivity index (χ3n) is 5.06. The Morgan fingerprint density at radius 2 is 1.97 bits per heavy atom. The highest BCUT2D eigenvalue weighted by Crippen LogP contribution is 2.31. The first kappa shape index (κ1) is 22.2. The van der Waals surface area contributed by atoms with Crippen LogP contribution in [0.1, 0.15) is 38.3 Å². The van der Waals surface area contributed by atoms with Crippen molar-refractivity contribution in [3.63, 3.8) is 0 Å². The molecule has 1 fully saturated rings. The van der Waals surface area contributed by atoms with Gasteiger partial charge in [0, 0.05) is 22.8 Å². The van der Waals surface area contributed by atoms with Crippen LogP contribution in [0.3, 0.4) is 0 Å². The summed E-state index contributed by atoms with van der Waals surface area (Å²) in [7, 11) is -3.37. The van der Waals surface area contributed by atoms with E-state index in [2.05, 4.69) is 20.0 Å². The molecule has 1 unspecified atom stereocenters. The van der Waals surface area contributed by atoms with E-state index in [4.69, 9.17) is 4.74 Å². The summed E-state index contributed by atoms with van der Waals surface area (Å²) in [5.74, 6) is -0.0462. The average Bonchev–Trinajstić information content (AvgIpc) is 3.55. The Labute approximate surface area is 191 Å². The van der Waals surface area contributed by atoms with Crippen LogP contribution in [-0.4, -0.2) is 36.1 Å². The number of ether oxygens (including phenoxy) is 1. The van der Waals surface area contributed by atoms with Gasteiger partial charge in [-0.15, -0.1) is 11.3 Å². The monoisotopic (exact) mass is 472 g/mol. The van der Waals surface area contributed by atoms with Gasteiger partial charge in [0.05, 0.1) is 29.7 Å². The van der Waals surface area contributed by atoms with Crippen molar-refractivity contribution < 1.29 is 17.9 Å². The van der Waals surface area contributed by atoms with E-state index in [1.807, 2.05) is 37.3 Å².